The molecule has 1 aromatic carbocycles. The van der Waals surface area contributed by atoms with E-state index in [2.05, 4.69) is 5.32 Å². The van der Waals surface area contributed by atoms with Gasteiger partial charge in [0.1, 0.15) is 0 Å². The van der Waals surface area contributed by atoms with Crippen LogP contribution in [0.5, 0.6) is 0 Å². The molecule has 0 atom stereocenters. The van der Waals surface area contributed by atoms with Crippen LogP contribution >= 0.6 is 11.6 Å². The first-order valence-corrected chi connectivity index (χ1v) is 6.37. The molecule has 1 saturated carbocycles. The fourth-order valence-corrected chi connectivity index (χ4v) is 2.36. The van der Waals surface area contributed by atoms with Crippen molar-refractivity contribution in [3.63, 3.8) is 0 Å². The molecule has 0 saturated heterocycles. The van der Waals surface area contributed by atoms with Gasteiger partial charge in [0, 0.05) is 17.3 Å². The van der Waals surface area contributed by atoms with Gasteiger partial charge < -0.3 is 11.1 Å². The van der Waals surface area contributed by atoms with Crippen LogP contribution in [-0.4, -0.2) is 6.54 Å². The van der Waals surface area contributed by atoms with Crippen LogP contribution in [0.25, 0.3) is 0 Å². The van der Waals surface area contributed by atoms with Crippen molar-refractivity contribution in [3.8, 4) is 0 Å². The lowest BCUT2D eigenvalue weighted by Crippen LogP contribution is -2.21. The number of nitrogens with one attached hydrogen (secondary N) is 1. The third-order valence-electron chi connectivity index (χ3n) is 3.26. The molecule has 16 heavy (non-hydrogen) atoms. The van der Waals surface area contributed by atoms with Crippen molar-refractivity contribution in [1.82, 2.24) is 5.32 Å². The molecule has 2 rings (SSSR count). The Kier molecular flexibility index (Phi) is 4.08. The number of nitrogen functional groups attached to an aromatic ring is 1. The second-order valence-corrected chi connectivity index (χ2v) is 5.09. The van der Waals surface area contributed by atoms with E-state index in [0.29, 0.717) is 0 Å². The lowest BCUT2D eigenvalue weighted by Gasteiger charge is -2.25. The Hall–Kier alpha value is -0.730. The van der Waals surface area contributed by atoms with Crippen LogP contribution in [-0.2, 0) is 6.54 Å². The summed E-state index contributed by atoms with van der Waals surface area (Å²) in [5.74, 6) is 0.969. The summed E-state index contributed by atoms with van der Waals surface area (Å²) in [6, 6.07) is 5.72. The number of benzene rings is 1. The third kappa shape index (κ3) is 3.39. The SMILES string of the molecule is Nc1cc(Cl)cc(CNCCC2CCC2)c1. The van der Waals surface area contributed by atoms with Crippen LogP contribution in [0.4, 0.5) is 5.69 Å². The van der Waals surface area contributed by atoms with E-state index in [1.807, 2.05) is 12.1 Å². The predicted octanol–water partition coefficient (Wildman–Crippen LogP) is 3.20. The van der Waals surface area contributed by atoms with Crippen molar-refractivity contribution in [1.29, 1.82) is 0 Å². The number of hydrogen-bond acceptors (Lipinski definition) is 2. The van der Waals surface area contributed by atoms with Gasteiger partial charge in [-0.05, 0) is 42.6 Å². The molecule has 0 aromatic heterocycles. The van der Waals surface area contributed by atoms with Gasteiger partial charge in [0.05, 0.1) is 0 Å². The molecule has 0 unspecified atom stereocenters. The molecule has 0 bridgehead atoms. The van der Waals surface area contributed by atoms with Gasteiger partial charge in [-0.25, -0.2) is 0 Å². The number of rotatable bonds is 5. The van der Waals surface area contributed by atoms with E-state index < -0.39 is 0 Å². The van der Waals surface area contributed by atoms with E-state index in [1.54, 1.807) is 6.07 Å². The molecule has 0 aliphatic heterocycles. The lowest BCUT2D eigenvalue weighted by atomic mass is 9.83. The molecule has 3 heteroatoms. The first-order chi connectivity index (χ1) is 7.74. The number of halogens is 1. The Labute approximate surface area is 102 Å². The summed E-state index contributed by atoms with van der Waals surface area (Å²) in [5.41, 5.74) is 7.63. The summed E-state index contributed by atoms with van der Waals surface area (Å²) in [5, 5.41) is 4.16. The highest BCUT2D eigenvalue weighted by Crippen LogP contribution is 2.28. The minimum absolute atomic E-state index is 0.718. The average molecular weight is 239 g/mol. The van der Waals surface area contributed by atoms with Crippen LogP contribution in [0.2, 0.25) is 5.02 Å². The first kappa shape index (κ1) is 11.7. The molecule has 2 nitrogen and oxygen atoms in total. The zero-order valence-electron chi connectivity index (χ0n) is 9.51. The first-order valence-electron chi connectivity index (χ1n) is 6.00. The van der Waals surface area contributed by atoms with E-state index in [0.717, 1.165) is 29.7 Å². The zero-order valence-corrected chi connectivity index (χ0v) is 10.3. The smallest absolute Gasteiger partial charge is 0.0429 e. The van der Waals surface area contributed by atoms with Crippen LogP contribution < -0.4 is 11.1 Å². The summed E-state index contributed by atoms with van der Waals surface area (Å²) in [6.45, 7) is 1.95. The Morgan fingerprint density at radius 3 is 2.75 bits per heavy atom. The molecule has 1 aliphatic rings. The number of anilines is 1. The molecule has 88 valence electrons. The van der Waals surface area contributed by atoms with Crippen molar-refractivity contribution < 1.29 is 0 Å². The zero-order chi connectivity index (χ0) is 11.4. The summed E-state index contributed by atoms with van der Waals surface area (Å²) in [4.78, 5) is 0. The minimum atomic E-state index is 0.718. The van der Waals surface area contributed by atoms with Crippen LogP contribution in [0.3, 0.4) is 0 Å². The van der Waals surface area contributed by atoms with Crippen molar-refractivity contribution >= 4 is 17.3 Å². The second-order valence-electron chi connectivity index (χ2n) is 4.66. The molecule has 0 amide bonds. The van der Waals surface area contributed by atoms with Crippen molar-refractivity contribution in [2.24, 2.45) is 5.92 Å². The molecule has 0 heterocycles. The number of hydrogen-bond donors (Lipinski definition) is 2. The lowest BCUT2D eigenvalue weighted by molar-refractivity contribution is 0.292. The highest BCUT2D eigenvalue weighted by Gasteiger charge is 2.16. The Morgan fingerprint density at radius 1 is 1.31 bits per heavy atom. The molecule has 1 fully saturated rings. The van der Waals surface area contributed by atoms with Gasteiger partial charge in [0.2, 0.25) is 0 Å². The van der Waals surface area contributed by atoms with Gasteiger partial charge in [0.25, 0.3) is 0 Å². The summed E-state index contributed by atoms with van der Waals surface area (Å²) < 4.78 is 0. The van der Waals surface area contributed by atoms with Gasteiger partial charge in [-0.15, -0.1) is 0 Å². The fraction of sp³-hybridized carbons (Fsp3) is 0.538. The van der Waals surface area contributed by atoms with Gasteiger partial charge >= 0.3 is 0 Å². The van der Waals surface area contributed by atoms with Gasteiger partial charge in [-0.3, -0.25) is 0 Å². The van der Waals surface area contributed by atoms with E-state index in [9.17, 15) is 0 Å². The third-order valence-corrected chi connectivity index (χ3v) is 3.48. The summed E-state index contributed by atoms with van der Waals surface area (Å²) >= 11 is 5.94. The van der Waals surface area contributed by atoms with Gasteiger partial charge in [0.15, 0.2) is 0 Å². The summed E-state index contributed by atoms with van der Waals surface area (Å²) in [6.07, 6.45) is 5.57. The second kappa shape index (κ2) is 5.55. The van der Waals surface area contributed by atoms with Gasteiger partial charge in [-0.2, -0.15) is 0 Å². The molecule has 1 aliphatic carbocycles. The maximum absolute atomic E-state index is 5.94. The van der Waals surface area contributed by atoms with E-state index in [4.69, 9.17) is 17.3 Å². The topological polar surface area (TPSA) is 38.0 Å². The van der Waals surface area contributed by atoms with Crippen LogP contribution in [0.15, 0.2) is 18.2 Å². The van der Waals surface area contributed by atoms with E-state index in [1.165, 1.54) is 31.2 Å². The van der Waals surface area contributed by atoms with Crippen LogP contribution in [0, 0.1) is 5.92 Å². The molecule has 3 N–H and O–H groups in total. The average Bonchev–Trinajstić information content (AvgIpc) is 2.13. The Balaban J connectivity index is 1.71. The standard InChI is InChI=1S/C13H19ClN2/c14-12-6-11(7-13(15)8-12)9-16-5-4-10-2-1-3-10/h6-8,10,16H,1-5,9,15H2. The van der Waals surface area contributed by atoms with Crippen molar-refractivity contribution in [2.45, 2.75) is 32.2 Å². The minimum Gasteiger partial charge on any atom is -0.399 e. The highest BCUT2D eigenvalue weighted by atomic mass is 35.5. The maximum Gasteiger partial charge on any atom is 0.0429 e. The van der Waals surface area contributed by atoms with E-state index in [-0.39, 0.29) is 0 Å². The van der Waals surface area contributed by atoms with Gasteiger partial charge in [-0.1, -0.05) is 30.9 Å². The van der Waals surface area contributed by atoms with Crippen molar-refractivity contribution in [3.05, 3.63) is 28.8 Å². The molecule has 1 aromatic rings. The molecule has 0 spiro atoms. The largest absolute Gasteiger partial charge is 0.399 e. The van der Waals surface area contributed by atoms with Crippen LogP contribution in [0.1, 0.15) is 31.2 Å². The van der Waals surface area contributed by atoms with E-state index >= 15 is 0 Å². The summed E-state index contributed by atoms with van der Waals surface area (Å²) in [7, 11) is 0. The number of nitrogens with two attached hydrogens (primary N) is 1. The monoisotopic (exact) mass is 238 g/mol. The predicted molar refractivity (Wildman–Crippen MR) is 69.5 cm³/mol. The highest BCUT2D eigenvalue weighted by molar-refractivity contribution is 6.30. The Morgan fingerprint density at radius 2 is 2.12 bits per heavy atom. The molecular formula is C13H19ClN2. The quantitative estimate of drug-likeness (QED) is 0.611. The Bertz CT molecular complexity index is 328. The maximum atomic E-state index is 5.94. The molecular weight excluding hydrogens is 220 g/mol. The fourth-order valence-electron chi connectivity index (χ4n) is 2.10. The molecule has 0 radical (unpaired) electrons. The normalized spacial score (nSPS) is 16.1. The van der Waals surface area contributed by atoms with Crippen molar-refractivity contribution in [2.75, 3.05) is 12.3 Å².